The Morgan fingerprint density at radius 2 is 1.92 bits per heavy atom. The predicted molar refractivity (Wildman–Crippen MR) is 89.7 cm³/mol. The number of carbonyl (C=O) groups is 1. The molecule has 0 aliphatic rings. The molecule has 1 atom stereocenters. The van der Waals surface area contributed by atoms with Gasteiger partial charge in [-0.1, -0.05) is 0 Å². The first kappa shape index (κ1) is 18.7. The van der Waals surface area contributed by atoms with Crippen LogP contribution in [0.15, 0.2) is 36.4 Å². The first-order valence-electron chi connectivity index (χ1n) is 7.74. The molecule has 0 aliphatic carbocycles. The van der Waals surface area contributed by atoms with Gasteiger partial charge in [0.1, 0.15) is 29.2 Å². The van der Waals surface area contributed by atoms with Gasteiger partial charge >= 0.3 is 0 Å². The maximum absolute atomic E-state index is 13.8. The minimum atomic E-state index is -0.628. The lowest BCUT2D eigenvalue weighted by Crippen LogP contribution is -2.86. The van der Waals surface area contributed by atoms with E-state index in [-0.39, 0.29) is 18.5 Å². The molecular weight excluding hydrogens is 330 g/mol. The number of hydrogen-bond acceptors (Lipinski definition) is 3. The molecule has 5 nitrogen and oxygen atoms in total. The molecule has 1 amide bonds. The molecule has 0 saturated heterocycles. The van der Waals surface area contributed by atoms with Crippen molar-refractivity contribution in [2.24, 2.45) is 0 Å². The second-order valence-corrected chi connectivity index (χ2v) is 5.51. The summed E-state index contributed by atoms with van der Waals surface area (Å²) in [5, 5.41) is 4.40. The first-order valence-corrected chi connectivity index (χ1v) is 7.74. The van der Waals surface area contributed by atoms with Crippen LogP contribution in [-0.2, 0) is 4.79 Å². The van der Waals surface area contributed by atoms with Crippen molar-refractivity contribution >= 4 is 11.6 Å². The van der Waals surface area contributed by atoms with Gasteiger partial charge in [0.25, 0.3) is 5.91 Å². The molecule has 7 heteroatoms. The molecule has 25 heavy (non-hydrogen) atoms. The van der Waals surface area contributed by atoms with E-state index in [0.717, 1.165) is 6.07 Å². The summed E-state index contributed by atoms with van der Waals surface area (Å²) in [5.41, 5.74) is 0.828. The average molecular weight is 351 g/mol. The van der Waals surface area contributed by atoms with E-state index in [0.29, 0.717) is 22.7 Å². The van der Waals surface area contributed by atoms with Crippen LogP contribution in [0.1, 0.15) is 18.5 Å². The number of rotatable bonds is 7. The molecule has 0 radical (unpaired) electrons. The van der Waals surface area contributed by atoms with Crippen LogP contribution in [0.5, 0.6) is 11.5 Å². The number of methoxy groups -OCH3 is 2. The number of nitrogens with one attached hydrogen (secondary N) is 1. The fraction of sp³-hybridized carbons (Fsp3) is 0.278. The fourth-order valence-electron chi connectivity index (χ4n) is 2.39. The highest BCUT2D eigenvalue weighted by Gasteiger charge is 2.17. The summed E-state index contributed by atoms with van der Waals surface area (Å²) in [7, 11) is 3.03. The lowest BCUT2D eigenvalue weighted by atomic mass is 10.1. The Balaban J connectivity index is 1.98. The van der Waals surface area contributed by atoms with Crippen molar-refractivity contribution in [2.75, 3.05) is 26.1 Å². The third-order valence-electron chi connectivity index (χ3n) is 3.79. The van der Waals surface area contributed by atoms with Gasteiger partial charge in [0.2, 0.25) is 0 Å². The van der Waals surface area contributed by atoms with Gasteiger partial charge < -0.3 is 20.1 Å². The van der Waals surface area contributed by atoms with Crippen LogP contribution in [0.25, 0.3) is 0 Å². The molecule has 0 unspecified atom stereocenters. The van der Waals surface area contributed by atoms with Gasteiger partial charge in [-0.05, 0) is 31.2 Å². The molecule has 2 rings (SSSR count). The molecule has 2 aromatic rings. The van der Waals surface area contributed by atoms with Crippen molar-refractivity contribution in [2.45, 2.75) is 13.0 Å². The summed E-state index contributed by atoms with van der Waals surface area (Å²) in [6, 6.07) is 8.15. The number of halogens is 2. The molecule has 0 aliphatic heterocycles. The van der Waals surface area contributed by atoms with E-state index in [4.69, 9.17) is 9.47 Å². The van der Waals surface area contributed by atoms with E-state index in [2.05, 4.69) is 5.32 Å². The van der Waals surface area contributed by atoms with Crippen molar-refractivity contribution in [1.82, 2.24) is 0 Å². The van der Waals surface area contributed by atoms with Crippen LogP contribution < -0.4 is 20.1 Å². The van der Waals surface area contributed by atoms with Gasteiger partial charge in [-0.25, -0.2) is 8.78 Å². The predicted octanol–water partition coefficient (Wildman–Crippen LogP) is 2.25. The van der Waals surface area contributed by atoms with Crippen LogP contribution in [0.3, 0.4) is 0 Å². The van der Waals surface area contributed by atoms with Gasteiger partial charge in [0.05, 0.1) is 19.9 Å². The highest BCUT2D eigenvalue weighted by atomic mass is 19.1. The van der Waals surface area contributed by atoms with E-state index in [1.54, 1.807) is 30.4 Å². The number of anilines is 1. The molecule has 2 aromatic carbocycles. The van der Waals surface area contributed by atoms with Crippen LogP contribution in [0.2, 0.25) is 0 Å². The monoisotopic (exact) mass is 351 g/mol. The van der Waals surface area contributed by atoms with Crippen molar-refractivity contribution in [3.05, 3.63) is 53.6 Å². The van der Waals surface area contributed by atoms with E-state index < -0.39 is 11.6 Å². The largest absolute Gasteiger partial charge is 0.497 e. The highest BCUT2D eigenvalue weighted by Crippen LogP contribution is 2.28. The van der Waals surface area contributed by atoms with Crippen LogP contribution in [-0.4, -0.2) is 26.7 Å². The lowest BCUT2D eigenvalue weighted by Gasteiger charge is -2.14. The van der Waals surface area contributed by atoms with Gasteiger partial charge in [-0.3, -0.25) is 4.79 Å². The van der Waals surface area contributed by atoms with Crippen LogP contribution in [0, 0.1) is 11.6 Å². The van der Waals surface area contributed by atoms with Gasteiger partial charge in [0.15, 0.2) is 6.54 Å². The van der Waals surface area contributed by atoms with Crippen LogP contribution >= 0.6 is 0 Å². The number of quaternary nitrogens is 1. The molecule has 3 N–H and O–H groups in total. The standard InChI is InChI=1S/C18H20F2N2O3/c1-11(14-6-4-12(19)8-15(14)20)21-10-18(23)22-16-9-13(24-2)5-7-17(16)25-3/h4-9,11,21H,10H2,1-3H3,(H,22,23)/p+1/t11-/m0/s1. The van der Waals surface area contributed by atoms with Gasteiger partial charge in [-0.15, -0.1) is 0 Å². The topological polar surface area (TPSA) is 64.2 Å². The van der Waals surface area contributed by atoms with E-state index in [1.165, 1.54) is 26.4 Å². The third kappa shape index (κ3) is 4.90. The van der Waals surface area contributed by atoms with Crippen molar-refractivity contribution < 1.29 is 28.4 Å². The smallest absolute Gasteiger partial charge is 0.279 e. The number of ether oxygens (including phenoxy) is 2. The SMILES string of the molecule is COc1ccc(OC)c(NC(=O)C[NH2+][C@@H](C)c2ccc(F)cc2F)c1. The highest BCUT2D eigenvalue weighted by molar-refractivity contribution is 5.93. The van der Waals surface area contributed by atoms with Crippen molar-refractivity contribution in [3.63, 3.8) is 0 Å². The zero-order chi connectivity index (χ0) is 18.4. The fourth-order valence-corrected chi connectivity index (χ4v) is 2.39. The second-order valence-electron chi connectivity index (χ2n) is 5.51. The molecular formula is C18H21F2N2O3+. The summed E-state index contributed by atoms with van der Waals surface area (Å²) in [4.78, 5) is 12.2. The summed E-state index contributed by atoms with van der Waals surface area (Å²) in [5.74, 6) is -0.440. The lowest BCUT2D eigenvalue weighted by molar-refractivity contribution is -0.682. The maximum atomic E-state index is 13.8. The Kier molecular flexibility index (Phi) is 6.30. The van der Waals surface area contributed by atoms with Crippen molar-refractivity contribution in [1.29, 1.82) is 0 Å². The van der Waals surface area contributed by atoms with Gasteiger partial charge in [0, 0.05) is 17.7 Å². The zero-order valence-electron chi connectivity index (χ0n) is 14.3. The zero-order valence-corrected chi connectivity index (χ0v) is 14.3. The number of hydrogen-bond donors (Lipinski definition) is 2. The number of nitrogens with two attached hydrogens (primary N) is 1. The third-order valence-corrected chi connectivity index (χ3v) is 3.79. The molecule has 0 spiro atoms. The minimum absolute atomic E-state index is 0.0678. The van der Waals surface area contributed by atoms with E-state index >= 15 is 0 Å². The molecule has 0 bridgehead atoms. The van der Waals surface area contributed by atoms with Crippen molar-refractivity contribution in [3.8, 4) is 11.5 Å². The molecule has 0 aromatic heterocycles. The summed E-state index contributed by atoms with van der Waals surface area (Å²) in [6.07, 6.45) is 0. The molecule has 0 fully saturated rings. The van der Waals surface area contributed by atoms with Gasteiger partial charge in [-0.2, -0.15) is 0 Å². The van der Waals surface area contributed by atoms with Crippen LogP contribution in [0.4, 0.5) is 14.5 Å². The Labute approximate surface area is 144 Å². The maximum Gasteiger partial charge on any atom is 0.279 e. The Morgan fingerprint density at radius 3 is 2.56 bits per heavy atom. The quantitative estimate of drug-likeness (QED) is 0.804. The number of amides is 1. The number of carbonyl (C=O) groups excluding carboxylic acids is 1. The molecule has 134 valence electrons. The number of benzene rings is 2. The average Bonchev–Trinajstić information content (AvgIpc) is 2.59. The first-order chi connectivity index (χ1) is 11.9. The Morgan fingerprint density at radius 1 is 1.16 bits per heavy atom. The molecule has 0 saturated carbocycles. The summed E-state index contributed by atoms with van der Waals surface area (Å²) >= 11 is 0. The minimum Gasteiger partial charge on any atom is -0.497 e. The second kappa shape index (κ2) is 8.43. The van der Waals surface area contributed by atoms with E-state index in [9.17, 15) is 13.6 Å². The summed E-state index contributed by atoms with van der Waals surface area (Å²) < 4.78 is 37.1. The molecule has 0 heterocycles. The Hall–Kier alpha value is -2.67. The normalized spacial score (nSPS) is 11.7. The Bertz CT molecular complexity index is 753. The van der Waals surface area contributed by atoms with E-state index in [1.807, 2.05) is 0 Å². The summed E-state index contributed by atoms with van der Waals surface area (Å²) in [6.45, 7) is 1.81.